The molecule has 0 radical (unpaired) electrons. The maximum absolute atomic E-state index is 12.2. The Morgan fingerprint density at radius 2 is 1.88 bits per heavy atom. The van der Waals surface area contributed by atoms with Gasteiger partial charge in [-0.2, -0.15) is 0 Å². The summed E-state index contributed by atoms with van der Waals surface area (Å²) in [5, 5.41) is 13.6. The first-order chi connectivity index (χ1) is 12.5. The van der Waals surface area contributed by atoms with Gasteiger partial charge in [-0.3, -0.25) is 14.9 Å². The number of nitrogens with one attached hydrogen (secondary N) is 1. The van der Waals surface area contributed by atoms with Gasteiger partial charge in [0.2, 0.25) is 0 Å². The second kappa shape index (κ2) is 8.16. The molecular formula is C18H18ClN3O4. The molecule has 1 saturated heterocycles. The molecule has 1 N–H and O–H groups in total. The molecule has 26 heavy (non-hydrogen) atoms. The second-order valence-electron chi connectivity index (χ2n) is 5.87. The summed E-state index contributed by atoms with van der Waals surface area (Å²) in [6, 6.07) is 11.8. The molecule has 0 aromatic heterocycles. The van der Waals surface area contributed by atoms with E-state index in [0.29, 0.717) is 6.54 Å². The molecule has 2 aromatic rings. The number of benzene rings is 2. The van der Waals surface area contributed by atoms with E-state index in [1.165, 1.54) is 18.2 Å². The third-order valence-corrected chi connectivity index (χ3v) is 4.49. The van der Waals surface area contributed by atoms with Gasteiger partial charge in [0, 0.05) is 37.5 Å². The molecule has 1 amide bonds. The van der Waals surface area contributed by atoms with E-state index >= 15 is 0 Å². The molecule has 8 heteroatoms. The highest BCUT2D eigenvalue weighted by Crippen LogP contribution is 2.22. The molecule has 0 bridgehead atoms. The van der Waals surface area contributed by atoms with Crippen molar-refractivity contribution in [2.24, 2.45) is 0 Å². The first-order valence-electron chi connectivity index (χ1n) is 8.18. The fourth-order valence-electron chi connectivity index (χ4n) is 2.73. The lowest BCUT2D eigenvalue weighted by atomic mass is 10.1. The number of nitro groups is 1. The number of nitro benzene ring substituents is 1. The van der Waals surface area contributed by atoms with Crippen LogP contribution in [0, 0.1) is 10.1 Å². The van der Waals surface area contributed by atoms with Gasteiger partial charge in [0.05, 0.1) is 28.7 Å². The van der Waals surface area contributed by atoms with Gasteiger partial charge in [0.25, 0.3) is 11.6 Å². The SMILES string of the molecule is O=C(NCc1ccc(N2CCOCC2)cc1)c1ccc([N+](=O)[O-])cc1Cl. The van der Waals surface area contributed by atoms with E-state index in [4.69, 9.17) is 16.3 Å². The van der Waals surface area contributed by atoms with Gasteiger partial charge in [0.1, 0.15) is 0 Å². The Labute approximate surface area is 155 Å². The smallest absolute Gasteiger partial charge is 0.270 e. The molecule has 1 heterocycles. The average molecular weight is 376 g/mol. The van der Waals surface area contributed by atoms with E-state index in [0.717, 1.165) is 37.6 Å². The van der Waals surface area contributed by atoms with Crippen LogP contribution < -0.4 is 10.2 Å². The maximum atomic E-state index is 12.2. The van der Waals surface area contributed by atoms with Gasteiger partial charge in [-0.25, -0.2) is 0 Å². The number of amides is 1. The molecule has 0 spiro atoms. The predicted molar refractivity (Wildman–Crippen MR) is 98.8 cm³/mol. The van der Waals surface area contributed by atoms with Crippen LogP contribution in [0.25, 0.3) is 0 Å². The zero-order chi connectivity index (χ0) is 18.5. The molecule has 0 saturated carbocycles. The van der Waals surface area contributed by atoms with Crippen molar-refractivity contribution in [1.82, 2.24) is 5.32 Å². The van der Waals surface area contributed by atoms with Crippen molar-refractivity contribution in [3.63, 3.8) is 0 Å². The Bertz CT molecular complexity index is 805. The topological polar surface area (TPSA) is 84.7 Å². The predicted octanol–water partition coefficient (Wildman–Crippen LogP) is 3.01. The maximum Gasteiger partial charge on any atom is 0.270 e. The van der Waals surface area contributed by atoms with Gasteiger partial charge in [-0.1, -0.05) is 23.7 Å². The molecule has 1 aliphatic rings. The monoisotopic (exact) mass is 375 g/mol. The molecule has 136 valence electrons. The number of anilines is 1. The van der Waals surface area contributed by atoms with Gasteiger partial charge in [0.15, 0.2) is 0 Å². The number of rotatable bonds is 5. The third kappa shape index (κ3) is 4.30. The summed E-state index contributed by atoms with van der Waals surface area (Å²) in [4.78, 5) is 24.7. The number of nitrogens with zero attached hydrogens (tertiary/aromatic N) is 2. The second-order valence-corrected chi connectivity index (χ2v) is 6.28. The quantitative estimate of drug-likeness (QED) is 0.641. The summed E-state index contributed by atoms with van der Waals surface area (Å²) < 4.78 is 5.34. The lowest BCUT2D eigenvalue weighted by Crippen LogP contribution is -2.36. The van der Waals surface area contributed by atoms with Crippen molar-refractivity contribution in [2.75, 3.05) is 31.2 Å². The summed E-state index contributed by atoms with van der Waals surface area (Å²) in [6.07, 6.45) is 0. The van der Waals surface area contributed by atoms with Crippen LogP contribution in [0.3, 0.4) is 0 Å². The van der Waals surface area contributed by atoms with Crippen molar-refractivity contribution in [1.29, 1.82) is 0 Å². The molecule has 0 aliphatic carbocycles. The largest absolute Gasteiger partial charge is 0.378 e. The fourth-order valence-corrected chi connectivity index (χ4v) is 2.99. The van der Waals surface area contributed by atoms with E-state index in [1.54, 1.807) is 0 Å². The molecule has 7 nitrogen and oxygen atoms in total. The van der Waals surface area contributed by atoms with Crippen LogP contribution in [0.2, 0.25) is 5.02 Å². The Hall–Kier alpha value is -2.64. The van der Waals surface area contributed by atoms with Crippen LogP contribution in [0.4, 0.5) is 11.4 Å². The fraction of sp³-hybridized carbons (Fsp3) is 0.278. The van der Waals surface area contributed by atoms with Gasteiger partial charge in [-0.15, -0.1) is 0 Å². The number of ether oxygens (including phenoxy) is 1. The summed E-state index contributed by atoms with van der Waals surface area (Å²) >= 11 is 5.98. The number of carbonyl (C=O) groups excluding carboxylic acids is 1. The number of morpholine rings is 1. The van der Waals surface area contributed by atoms with E-state index in [2.05, 4.69) is 10.2 Å². The van der Waals surface area contributed by atoms with Crippen LogP contribution in [-0.4, -0.2) is 37.1 Å². The van der Waals surface area contributed by atoms with Gasteiger partial charge >= 0.3 is 0 Å². The lowest BCUT2D eigenvalue weighted by Gasteiger charge is -2.28. The Kier molecular flexibility index (Phi) is 5.70. The van der Waals surface area contributed by atoms with Crippen molar-refractivity contribution in [2.45, 2.75) is 6.54 Å². The zero-order valence-corrected chi connectivity index (χ0v) is 14.7. The van der Waals surface area contributed by atoms with Crippen molar-refractivity contribution >= 4 is 28.9 Å². The minimum atomic E-state index is -0.552. The van der Waals surface area contributed by atoms with Crippen LogP contribution >= 0.6 is 11.6 Å². The number of non-ortho nitro benzene ring substituents is 1. The highest BCUT2D eigenvalue weighted by molar-refractivity contribution is 6.34. The van der Waals surface area contributed by atoms with Crippen molar-refractivity contribution in [3.8, 4) is 0 Å². The number of hydrogen-bond donors (Lipinski definition) is 1. The van der Waals surface area contributed by atoms with Crippen LogP contribution in [0.1, 0.15) is 15.9 Å². The number of hydrogen-bond acceptors (Lipinski definition) is 5. The van der Waals surface area contributed by atoms with Crippen molar-refractivity contribution < 1.29 is 14.5 Å². The molecule has 2 aromatic carbocycles. The van der Waals surface area contributed by atoms with Gasteiger partial charge in [-0.05, 0) is 23.8 Å². The Morgan fingerprint density at radius 1 is 1.19 bits per heavy atom. The zero-order valence-electron chi connectivity index (χ0n) is 14.0. The molecule has 1 fully saturated rings. The summed E-state index contributed by atoms with van der Waals surface area (Å²) in [6.45, 7) is 3.54. The normalized spacial score (nSPS) is 14.1. The van der Waals surface area contributed by atoms with E-state index in [-0.39, 0.29) is 22.2 Å². The van der Waals surface area contributed by atoms with Gasteiger partial charge < -0.3 is 15.0 Å². The lowest BCUT2D eigenvalue weighted by molar-refractivity contribution is -0.384. The first kappa shape index (κ1) is 18.2. The minimum Gasteiger partial charge on any atom is -0.378 e. The summed E-state index contributed by atoms with van der Waals surface area (Å²) in [7, 11) is 0. The minimum absolute atomic E-state index is 0.0550. The molecule has 0 atom stereocenters. The number of carbonyl (C=O) groups is 1. The summed E-state index contributed by atoms with van der Waals surface area (Å²) in [5.41, 5.74) is 2.14. The Morgan fingerprint density at radius 3 is 2.50 bits per heavy atom. The molecule has 1 aliphatic heterocycles. The first-order valence-corrected chi connectivity index (χ1v) is 8.56. The average Bonchev–Trinajstić information content (AvgIpc) is 2.67. The third-order valence-electron chi connectivity index (χ3n) is 4.17. The van der Waals surface area contributed by atoms with E-state index in [9.17, 15) is 14.9 Å². The summed E-state index contributed by atoms with van der Waals surface area (Å²) in [5.74, 6) is -0.373. The molecule has 3 rings (SSSR count). The highest BCUT2D eigenvalue weighted by Gasteiger charge is 2.15. The number of halogens is 1. The van der Waals surface area contributed by atoms with Crippen LogP contribution in [-0.2, 0) is 11.3 Å². The highest BCUT2D eigenvalue weighted by atomic mass is 35.5. The van der Waals surface area contributed by atoms with E-state index in [1.807, 2.05) is 24.3 Å². The van der Waals surface area contributed by atoms with E-state index < -0.39 is 4.92 Å². The van der Waals surface area contributed by atoms with Crippen LogP contribution in [0.15, 0.2) is 42.5 Å². The Balaban J connectivity index is 1.60. The molecular weight excluding hydrogens is 358 g/mol. The standard InChI is InChI=1S/C18H18ClN3O4/c19-17-11-15(22(24)25)5-6-16(17)18(23)20-12-13-1-3-14(4-2-13)21-7-9-26-10-8-21/h1-6,11H,7-10,12H2,(H,20,23). The van der Waals surface area contributed by atoms with Crippen molar-refractivity contribution in [3.05, 3.63) is 68.7 Å². The van der Waals surface area contributed by atoms with Crippen LogP contribution in [0.5, 0.6) is 0 Å². The molecule has 0 unspecified atom stereocenters.